The smallest absolute Gasteiger partial charge is 0.0240 e. The van der Waals surface area contributed by atoms with E-state index in [1.807, 2.05) is 0 Å². The van der Waals surface area contributed by atoms with Crippen LogP contribution in [0.15, 0.2) is 24.3 Å². The molecule has 1 heterocycles. The van der Waals surface area contributed by atoms with Gasteiger partial charge in [0.15, 0.2) is 0 Å². The Balaban J connectivity index is 1.98. The Morgan fingerprint density at radius 3 is 2.84 bits per heavy atom. The number of nitrogens with zero attached hydrogens (tertiary/aromatic N) is 1. The maximum absolute atomic E-state index is 3.52. The van der Waals surface area contributed by atoms with Crippen molar-refractivity contribution in [2.45, 2.75) is 39.4 Å². The Bertz CT molecular complexity index is 381. The van der Waals surface area contributed by atoms with Gasteiger partial charge >= 0.3 is 0 Å². The number of hydrogen-bond acceptors (Lipinski definition) is 3. The average Bonchev–Trinajstić information content (AvgIpc) is 2.43. The molecule has 2 nitrogen and oxygen atoms in total. The zero-order valence-electron chi connectivity index (χ0n) is 12.2. The fourth-order valence-electron chi connectivity index (χ4n) is 2.50. The Kier molecular flexibility index (Phi) is 6.21. The Morgan fingerprint density at radius 1 is 1.32 bits per heavy atom. The zero-order valence-corrected chi connectivity index (χ0v) is 13.0. The maximum Gasteiger partial charge on any atom is 0.0240 e. The molecule has 1 saturated heterocycles. The van der Waals surface area contributed by atoms with Crippen LogP contribution in [0.5, 0.6) is 0 Å². The second-order valence-corrected chi connectivity index (χ2v) is 6.49. The molecule has 19 heavy (non-hydrogen) atoms. The highest BCUT2D eigenvalue weighted by Crippen LogP contribution is 2.20. The van der Waals surface area contributed by atoms with Crippen molar-refractivity contribution in [1.82, 2.24) is 10.2 Å². The van der Waals surface area contributed by atoms with E-state index in [0.29, 0.717) is 6.04 Å². The predicted octanol–water partition coefficient (Wildman–Crippen LogP) is 3.12. The van der Waals surface area contributed by atoms with Crippen molar-refractivity contribution in [2.24, 2.45) is 0 Å². The van der Waals surface area contributed by atoms with Crippen LogP contribution in [0.25, 0.3) is 0 Å². The lowest BCUT2D eigenvalue weighted by Gasteiger charge is -2.33. The van der Waals surface area contributed by atoms with Gasteiger partial charge in [0, 0.05) is 37.2 Å². The Hall–Kier alpha value is -0.510. The normalized spacial score (nSPS) is 20.6. The van der Waals surface area contributed by atoms with Gasteiger partial charge in [0.2, 0.25) is 0 Å². The lowest BCUT2D eigenvalue weighted by atomic mass is 10.1. The van der Waals surface area contributed by atoms with Crippen LogP contribution in [0.2, 0.25) is 0 Å². The van der Waals surface area contributed by atoms with Gasteiger partial charge in [-0.25, -0.2) is 0 Å². The van der Waals surface area contributed by atoms with E-state index in [2.05, 4.69) is 60.1 Å². The first-order valence-corrected chi connectivity index (χ1v) is 8.56. The molecule has 1 aromatic rings. The van der Waals surface area contributed by atoms with Crippen molar-refractivity contribution in [3.8, 4) is 0 Å². The molecule has 1 atom stereocenters. The van der Waals surface area contributed by atoms with Gasteiger partial charge in [-0.05, 0) is 31.0 Å². The van der Waals surface area contributed by atoms with E-state index >= 15 is 0 Å². The van der Waals surface area contributed by atoms with Crippen molar-refractivity contribution in [3.05, 3.63) is 35.4 Å². The summed E-state index contributed by atoms with van der Waals surface area (Å²) >= 11 is 2.08. The lowest BCUT2D eigenvalue weighted by molar-refractivity contribution is 0.223. The van der Waals surface area contributed by atoms with E-state index in [1.54, 1.807) is 0 Å². The van der Waals surface area contributed by atoms with Crippen molar-refractivity contribution in [3.63, 3.8) is 0 Å². The summed E-state index contributed by atoms with van der Waals surface area (Å²) in [7, 11) is 0. The molecule has 1 aromatic carbocycles. The predicted molar refractivity (Wildman–Crippen MR) is 85.6 cm³/mol. The van der Waals surface area contributed by atoms with Gasteiger partial charge in [0.05, 0.1) is 0 Å². The molecule has 1 aliphatic heterocycles. The molecule has 0 bridgehead atoms. The van der Waals surface area contributed by atoms with Crippen LogP contribution < -0.4 is 5.32 Å². The number of nitrogens with one attached hydrogen (secondary N) is 1. The molecular weight excluding hydrogens is 252 g/mol. The molecule has 2 rings (SSSR count). The molecule has 0 aliphatic carbocycles. The number of hydrogen-bond donors (Lipinski definition) is 1. The third-order valence-electron chi connectivity index (χ3n) is 3.74. The van der Waals surface area contributed by atoms with Crippen molar-refractivity contribution < 1.29 is 0 Å². The Labute approximate surface area is 122 Å². The van der Waals surface area contributed by atoms with Gasteiger partial charge in [-0.3, -0.25) is 4.90 Å². The molecule has 106 valence electrons. The maximum atomic E-state index is 3.52. The summed E-state index contributed by atoms with van der Waals surface area (Å²) in [6.07, 6.45) is 1.20. The number of rotatable bonds is 6. The van der Waals surface area contributed by atoms with Gasteiger partial charge in [0.25, 0.3) is 0 Å². The molecule has 1 aliphatic rings. The summed E-state index contributed by atoms with van der Waals surface area (Å²) in [5.74, 6) is 2.55. The standard InChI is InChI=1S/C16H26N2S/c1-3-8-17-11-15-6-4-5-7-16(15)12-18-9-10-19-13-14(18)2/h4-7,14,17H,3,8-13H2,1-2H3. The zero-order chi connectivity index (χ0) is 13.5. The van der Waals surface area contributed by atoms with Gasteiger partial charge in [-0.1, -0.05) is 31.2 Å². The second kappa shape index (κ2) is 7.93. The molecule has 0 spiro atoms. The molecule has 0 saturated carbocycles. The highest BCUT2D eigenvalue weighted by atomic mass is 32.2. The van der Waals surface area contributed by atoms with Crippen LogP contribution in [0.4, 0.5) is 0 Å². The van der Waals surface area contributed by atoms with E-state index < -0.39 is 0 Å². The van der Waals surface area contributed by atoms with Crippen LogP contribution >= 0.6 is 11.8 Å². The van der Waals surface area contributed by atoms with Crippen molar-refractivity contribution in [2.75, 3.05) is 24.6 Å². The van der Waals surface area contributed by atoms with Crippen LogP contribution in [0.1, 0.15) is 31.4 Å². The van der Waals surface area contributed by atoms with Gasteiger partial charge in [-0.2, -0.15) is 11.8 Å². The molecule has 1 N–H and O–H groups in total. The number of thioether (sulfide) groups is 1. The topological polar surface area (TPSA) is 15.3 Å². The van der Waals surface area contributed by atoms with Crippen LogP contribution in [-0.2, 0) is 13.1 Å². The summed E-state index contributed by atoms with van der Waals surface area (Å²) < 4.78 is 0. The van der Waals surface area contributed by atoms with E-state index in [4.69, 9.17) is 0 Å². The fourth-order valence-corrected chi connectivity index (χ4v) is 3.58. The van der Waals surface area contributed by atoms with Crippen LogP contribution in [0, 0.1) is 0 Å². The minimum atomic E-state index is 0.704. The number of benzene rings is 1. The summed E-state index contributed by atoms with van der Waals surface area (Å²) in [5.41, 5.74) is 2.95. The first-order chi connectivity index (χ1) is 9.31. The lowest BCUT2D eigenvalue weighted by Crippen LogP contribution is -2.39. The summed E-state index contributed by atoms with van der Waals surface area (Å²) in [6, 6.07) is 9.58. The third kappa shape index (κ3) is 4.51. The second-order valence-electron chi connectivity index (χ2n) is 5.34. The molecule has 3 heteroatoms. The van der Waals surface area contributed by atoms with E-state index in [1.165, 1.54) is 35.6 Å². The minimum absolute atomic E-state index is 0.704. The van der Waals surface area contributed by atoms with Crippen LogP contribution in [-0.4, -0.2) is 35.5 Å². The minimum Gasteiger partial charge on any atom is -0.313 e. The first kappa shape index (κ1) is 14.9. The fraction of sp³-hybridized carbons (Fsp3) is 0.625. The van der Waals surface area contributed by atoms with Gasteiger partial charge in [-0.15, -0.1) is 0 Å². The van der Waals surface area contributed by atoms with E-state index in [-0.39, 0.29) is 0 Å². The first-order valence-electron chi connectivity index (χ1n) is 7.40. The average molecular weight is 278 g/mol. The Morgan fingerprint density at radius 2 is 2.11 bits per heavy atom. The summed E-state index contributed by atoms with van der Waals surface area (Å²) in [6.45, 7) is 9.00. The summed E-state index contributed by atoms with van der Waals surface area (Å²) in [5, 5.41) is 3.52. The van der Waals surface area contributed by atoms with E-state index in [9.17, 15) is 0 Å². The monoisotopic (exact) mass is 278 g/mol. The van der Waals surface area contributed by atoms with Gasteiger partial charge < -0.3 is 5.32 Å². The molecule has 0 amide bonds. The van der Waals surface area contributed by atoms with Crippen molar-refractivity contribution in [1.29, 1.82) is 0 Å². The van der Waals surface area contributed by atoms with Gasteiger partial charge in [0.1, 0.15) is 0 Å². The molecule has 0 aromatic heterocycles. The highest BCUT2D eigenvalue weighted by Gasteiger charge is 2.19. The highest BCUT2D eigenvalue weighted by molar-refractivity contribution is 7.99. The molecule has 1 unspecified atom stereocenters. The molecular formula is C16H26N2S. The summed E-state index contributed by atoms with van der Waals surface area (Å²) in [4.78, 5) is 2.62. The quantitative estimate of drug-likeness (QED) is 0.805. The SMILES string of the molecule is CCCNCc1ccccc1CN1CCSCC1C. The molecule has 1 fully saturated rings. The largest absolute Gasteiger partial charge is 0.313 e. The molecule has 0 radical (unpaired) electrons. The van der Waals surface area contributed by atoms with E-state index in [0.717, 1.165) is 19.6 Å². The third-order valence-corrected chi connectivity index (χ3v) is 4.93. The van der Waals surface area contributed by atoms with Crippen LogP contribution in [0.3, 0.4) is 0 Å². The van der Waals surface area contributed by atoms with Crippen molar-refractivity contribution >= 4 is 11.8 Å².